The van der Waals surface area contributed by atoms with Gasteiger partial charge in [0.2, 0.25) is 11.7 Å². The number of hydrogen-bond acceptors (Lipinski definition) is 8. The van der Waals surface area contributed by atoms with Gasteiger partial charge in [-0.05, 0) is 80.1 Å². The van der Waals surface area contributed by atoms with Gasteiger partial charge in [0.05, 0.1) is 35.5 Å². The number of methoxy groups -OCH3 is 5. The summed E-state index contributed by atoms with van der Waals surface area (Å²) in [5, 5.41) is 8.06. The molecule has 0 radical (unpaired) electrons. The van der Waals surface area contributed by atoms with Crippen molar-refractivity contribution in [3.05, 3.63) is 46.5 Å². The molecule has 1 heterocycles. The highest BCUT2D eigenvalue weighted by molar-refractivity contribution is 5.98. The lowest BCUT2D eigenvalue weighted by atomic mass is 10.0. The molecule has 1 aliphatic heterocycles. The Balaban J connectivity index is 0.00000103. The van der Waals surface area contributed by atoms with Crippen LogP contribution in [0.15, 0.2) is 29.8 Å². The smallest absolute Gasteiger partial charge is 0.249 e. The highest BCUT2D eigenvalue weighted by atomic mass is 16.5. The molecule has 220 valence electrons. The largest absolute Gasteiger partial charge is 0.493 e. The average molecular weight is 557 g/mol. The summed E-state index contributed by atoms with van der Waals surface area (Å²) < 4.78 is 27.3. The van der Waals surface area contributed by atoms with E-state index in [1.807, 2.05) is 35.2 Å². The quantitative estimate of drug-likeness (QED) is 0.518. The lowest BCUT2D eigenvalue weighted by molar-refractivity contribution is -0.129. The van der Waals surface area contributed by atoms with Crippen molar-refractivity contribution in [2.24, 2.45) is 0 Å². The normalized spacial score (nSPS) is 15.2. The van der Waals surface area contributed by atoms with Crippen molar-refractivity contribution in [3.8, 4) is 28.7 Å². The van der Waals surface area contributed by atoms with Crippen molar-refractivity contribution >= 4 is 12.0 Å². The third-order valence-electron chi connectivity index (χ3n) is 6.93. The number of carbonyl (C=O) groups excluding carboxylic acids is 1. The van der Waals surface area contributed by atoms with E-state index in [9.17, 15) is 4.79 Å². The molecular formula is C31H44N2O7. The highest BCUT2D eigenvalue weighted by Crippen LogP contribution is 2.39. The fourth-order valence-corrected chi connectivity index (χ4v) is 4.98. The van der Waals surface area contributed by atoms with Gasteiger partial charge in [0, 0.05) is 44.4 Å². The van der Waals surface area contributed by atoms with Crippen LogP contribution in [0.4, 0.5) is 0 Å². The van der Waals surface area contributed by atoms with Crippen molar-refractivity contribution in [2.75, 3.05) is 61.7 Å². The lowest BCUT2D eigenvalue weighted by Crippen LogP contribution is -2.48. The van der Waals surface area contributed by atoms with Gasteiger partial charge < -0.3 is 33.7 Å². The van der Waals surface area contributed by atoms with Gasteiger partial charge in [-0.15, -0.1) is 0 Å². The maximum absolute atomic E-state index is 13.4. The standard InChI is InChI=1S/C28H36N2O6.C3H8O/c1-32-23-16-20-7-6-8-21(15-22(20)17-24(23)33-2)28(31)30-11-9-29(10-12-30)18-19-13-25(34-3)27(36-5)26(14-19)35-4;1-3(2)4/h13-17H,6-12,18H2,1-5H3;3-4H,1-2H3. The van der Waals surface area contributed by atoms with Crippen LogP contribution in [0.25, 0.3) is 6.08 Å². The first-order valence-corrected chi connectivity index (χ1v) is 13.7. The molecule has 1 aliphatic carbocycles. The van der Waals surface area contributed by atoms with Crippen molar-refractivity contribution in [2.45, 2.75) is 45.8 Å². The molecule has 2 aliphatic rings. The second-order valence-electron chi connectivity index (χ2n) is 10.1. The molecule has 2 aromatic rings. The minimum atomic E-state index is -0.167. The van der Waals surface area contributed by atoms with Gasteiger partial charge >= 0.3 is 0 Å². The van der Waals surface area contributed by atoms with E-state index in [0.29, 0.717) is 36.1 Å². The fraction of sp³-hybridized carbons (Fsp3) is 0.516. The number of hydrogen-bond donors (Lipinski definition) is 1. The molecular weight excluding hydrogens is 512 g/mol. The SMILES string of the molecule is CC(C)O.COc1cc2c(cc1OC)CCCC(C(=O)N1CCN(Cc3cc(OC)c(OC)c(OC)c3)CC1)=C2. The molecule has 0 atom stereocenters. The molecule has 1 amide bonds. The van der Waals surface area contributed by atoms with Crippen LogP contribution in [-0.4, -0.2) is 88.6 Å². The summed E-state index contributed by atoms with van der Waals surface area (Å²) in [7, 11) is 8.13. The number of piperazine rings is 1. The van der Waals surface area contributed by atoms with Gasteiger partial charge in [0.15, 0.2) is 23.0 Å². The molecule has 1 saturated heterocycles. The average Bonchev–Trinajstić information content (AvgIpc) is 3.17. The Morgan fingerprint density at radius 2 is 1.35 bits per heavy atom. The predicted molar refractivity (Wildman–Crippen MR) is 156 cm³/mol. The van der Waals surface area contributed by atoms with Crippen LogP contribution in [0.3, 0.4) is 0 Å². The first-order valence-electron chi connectivity index (χ1n) is 13.7. The molecule has 1 N–H and O–H groups in total. The van der Waals surface area contributed by atoms with Crippen LogP contribution in [0, 0.1) is 0 Å². The van der Waals surface area contributed by atoms with Gasteiger partial charge in [-0.3, -0.25) is 9.69 Å². The number of fused-ring (bicyclic) bond motifs is 1. The minimum Gasteiger partial charge on any atom is -0.493 e. The Bertz CT molecular complexity index is 1140. The number of aliphatic hydroxyl groups is 1. The Morgan fingerprint density at radius 3 is 1.88 bits per heavy atom. The lowest BCUT2D eigenvalue weighted by Gasteiger charge is -2.35. The summed E-state index contributed by atoms with van der Waals surface area (Å²) in [6.07, 6.45) is 4.48. The minimum absolute atomic E-state index is 0.130. The number of aliphatic hydroxyl groups excluding tert-OH is 1. The molecule has 9 nitrogen and oxygen atoms in total. The van der Waals surface area contributed by atoms with Crippen molar-refractivity contribution < 1.29 is 33.6 Å². The number of benzene rings is 2. The monoisotopic (exact) mass is 556 g/mol. The molecule has 0 saturated carbocycles. The molecule has 0 unspecified atom stereocenters. The summed E-state index contributed by atoms with van der Waals surface area (Å²) in [4.78, 5) is 17.8. The third kappa shape index (κ3) is 7.82. The maximum Gasteiger partial charge on any atom is 0.249 e. The van der Waals surface area contributed by atoms with E-state index < -0.39 is 0 Å². The Morgan fingerprint density at radius 1 is 0.800 bits per heavy atom. The van der Waals surface area contributed by atoms with E-state index in [4.69, 9.17) is 28.8 Å². The fourth-order valence-electron chi connectivity index (χ4n) is 4.98. The van der Waals surface area contributed by atoms with E-state index in [0.717, 1.165) is 61.3 Å². The van der Waals surface area contributed by atoms with Crippen LogP contribution < -0.4 is 23.7 Å². The molecule has 0 aromatic heterocycles. The van der Waals surface area contributed by atoms with E-state index >= 15 is 0 Å². The topological polar surface area (TPSA) is 89.9 Å². The van der Waals surface area contributed by atoms with E-state index in [-0.39, 0.29) is 12.0 Å². The van der Waals surface area contributed by atoms with Crippen molar-refractivity contribution in [1.29, 1.82) is 0 Å². The van der Waals surface area contributed by atoms with Crippen LogP contribution in [0.5, 0.6) is 28.7 Å². The zero-order valence-electron chi connectivity index (χ0n) is 24.9. The molecule has 0 bridgehead atoms. The van der Waals surface area contributed by atoms with Gasteiger partial charge in [-0.25, -0.2) is 0 Å². The maximum atomic E-state index is 13.4. The number of aryl methyl sites for hydroxylation is 1. The molecule has 1 fully saturated rings. The second kappa shape index (κ2) is 14.8. The number of ether oxygens (including phenoxy) is 5. The highest BCUT2D eigenvalue weighted by Gasteiger charge is 2.26. The van der Waals surface area contributed by atoms with Crippen LogP contribution in [-0.2, 0) is 17.8 Å². The first-order chi connectivity index (χ1) is 19.2. The first kappa shape index (κ1) is 31.1. The molecule has 0 spiro atoms. The Hall–Kier alpha value is -3.43. The summed E-state index contributed by atoms with van der Waals surface area (Å²) in [5.41, 5.74) is 4.16. The molecule has 4 rings (SSSR count). The number of amides is 1. The molecule has 9 heteroatoms. The van der Waals surface area contributed by atoms with E-state index in [1.165, 1.54) is 5.56 Å². The van der Waals surface area contributed by atoms with Crippen LogP contribution in [0.1, 0.15) is 43.4 Å². The summed E-state index contributed by atoms with van der Waals surface area (Å²) in [5.74, 6) is 3.42. The van der Waals surface area contributed by atoms with Gasteiger partial charge in [0.1, 0.15) is 0 Å². The zero-order chi connectivity index (χ0) is 29.2. The number of carbonyl (C=O) groups is 1. The third-order valence-corrected chi connectivity index (χ3v) is 6.93. The van der Waals surface area contributed by atoms with Gasteiger partial charge in [-0.2, -0.15) is 0 Å². The summed E-state index contributed by atoms with van der Waals surface area (Å²) in [6, 6.07) is 7.97. The number of nitrogens with zero attached hydrogens (tertiary/aromatic N) is 2. The predicted octanol–water partition coefficient (Wildman–Crippen LogP) is 4.18. The number of rotatable bonds is 8. The second-order valence-corrected chi connectivity index (χ2v) is 10.1. The van der Waals surface area contributed by atoms with Crippen LogP contribution >= 0.6 is 0 Å². The Kier molecular flexibility index (Phi) is 11.5. The molecule has 40 heavy (non-hydrogen) atoms. The van der Waals surface area contributed by atoms with Crippen molar-refractivity contribution in [1.82, 2.24) is 9.80 Å². The van der Waals surface area contributed by atoms with Gasteiger partial charge in [-0.1, -0.05) is 0 Å². The summed E-state index contributed by atoms with van der Waals surface area (Å²) in [6.45, 7) is 7.18. The Labute approximate surface area is 238 Å². The summed E-state index contributed by atoms with van der Waals surface area (Å²) >= 11 is 0. The van der Waals surface area contributed by atoms with E-state index in [1.54, 1.807) is 49.4 Å². The van der Waals surface area contributed by atoms with E-state index in [2.05, 4.69) is 4.90 Å². The molecule has 2 aromatic carbocycles. The van der Waals surface area contributed by atoms with Crippen molar-refractivity contribution in [3.63, 3.8) is 0 Å². The van der Waals surface area contributed by atoms with Crippen LogP contribution in [0.2, 0.25) is 0 Å². The van der Waals surface area contributed by atoms with Gasteiger partial charge in [0.25, 0.3) is 0 Å². The zero-order valence-corrected chi connectivity index (χ0v) is 24.9.